The SMILES string of the molecule is CCN(C(=O)/C=C/c1ccc(N)cc1)C1CCS(=O)(=O)C1. The second-order valence-electron chi connectivity index (χ2n) is 5.18. The van der Waals surface area contributed by atoms with Crippen molar-refractivity contribution in [2.24, 2.45) is 0 Å². The number of amides is 1. The van der Waals surface area contributed by atoms with Crippen LogP contribution in [0.5, 0.6) is 0 Å². The molecule has 0 bridgehead atoms. The van der Waals surface area contributed by atoms with Gasteiger partial charge in [0.25, 0.3) is 0 Å². The van der Waals surface area contributed by atoms with Gasteiger partial charge in [-0.1, -0.05) is 12.1 Å². The summed E-state index contributed by atoms with van der Waals surface area (Å²) in [5, 5.41) is 0. The fourth-order valence-electron chi connectivity index (χ4n) is 2.49. The van der Waals surface area contributed by atoms with Gasteiger partial charge < -0.3 is 10.6 Å². The molecule has 0 aliphatic carbocycles. The number of hydrogen-bond acceptors (Lipinski definition) is 4. The Hall–Kier alpha value is -1.82. The summed E-state index contributed by atoms with van der Waals surface area (Å²) < 4.78 is 23.1. The standard InChI is InChI=1S/C15H20N2O3S/c1-2-17(14-9-10-21(19,20)11-14)15(18)8-5-12-3-6-13(16)7-4-12/h3-8,14H,2,9-11,16H2,1H3/b8-5+. The first-order valence-electron chi connectivity index (χ1n) is 6.96. The van der Waals surface area contributed by atoms with E-state index in [2.05, 4.69) is 0 Å². The summed E-state index contributed by atoms with van der Waals surface area (Å²) in [4.78, 5) is 13.9. The minimum Gasteiger partial charge on any atom is -0.399 e. The first-order chi connectivity index (χ1) is 9.91. The molecule has 114 valence electrons. The highest BCUT2D eigenvalue weighted by molar-refractivity contribution is 7.91. The van der Waals surface area contributed by atoms with Gasteiger partial charge in [0, 0.05) is 24.4 Å². The van der Waals surface area contributed by atoms with E-state index >= 15 is 0 Å². The van der Waals surface area contributed by atoms with Crippen LogP contribution in [-0.4, -0.2) is 43.3 Å². The molecular weight excluding hydrogens is 288 g/mol. The number of anilines is 1. The van der Waals surface area contributed by atoms with Crippen LogP contribution in [0, 0.1) is 0 Å². The molecule has 1 unspecified atom stereocenters. The van der Waals surface area contributed by atoms with Crippen molar-refractivity contribution in [1.82, 2.24) is 4.90 Å². The van der Waals surface area contributed by atoms with Crippen molar-refractivity contribution >= 4 is 27.5 Å². The van der Waals surface area contributed by atoms with Gasteiger partial charge in [-0.25, -0.2) is 8.42 Å². The number of carbonyl (C=O) groups is 1. The lowest BCUT2D eigenvalue weighted by molar-refractivity contribution is -0.127. The molecule has 0 spiro atoms. The lowest BCUT2D eigenvalue weighted by Crippen LogP contribution is -2.40. The van der Waals surface area contributed by atoms with E-state index in [0.29, 0.717) is 18.7 Å². The maximum atomic E-state index is 12.2. The smallest absolute Gasteiger partial charge is 0.246 e. The van der Waals surface area contributed by atoms with Crippen molar-refractivity contribution in [1.29, 1.82) is 0 Å². The van der Waals surface area contributed by atoms with Gasteiger partial charge in [-0.05, 0) is 37.1 Å². The zero-order valence-corrected chi connectivity index (χ0v) is 12.8. The van der Waals surface area contributed by atoms with E-state index in [1.165, 1.54) is 6.08 Å². The summed E-state index contributed by atoms with van der Waals surface area (Å²) in [6.45, 7) is 2.37. The lowest BCUT2D eigenvalue weighted by Gasteiger charge is -2.25. The van der Waals surface area contributed by atoms with E-state index in [-0.39, 0.29) is 23.5 Å². The molecule has 1 aliphatic heterocycles. The highest BCUT2D eigenvalue weighted by Gasteiger charge is 2.33. The Balaban J connectivity index is 2.05. The minimum absolute atomic E-state index is 0.0717. The molecule has 21 heavy (non-hydrogen) atoms. The average molecular weight is 308 g/mol. The number of nitrogens with two attached hydrogens (primary N) is 1. The first-order valence-corrected chi connectivity index (χ1v) is 8.78. The molecule has 5 nitrogen and oxygen atoms in total. The average Bonchev–Trinajstić information content (AvgIpc) is 2.79. The van der Waals surface area contributed by atoms with Crippen LogP contribution in [-0.2, 0) is 14.6 Å². The van der Waals surface area contributed by atoms with Crippen LogP contribution >= 0.6 is 0 Å². The predicted octanol–water partition coefficient (Wildman–Crippen LogP) is 1.32. The molecule has 0 radical (unpaired) electrons. The number of hydrogen-bond donors (Lipinski definition) is 1. The topological polar surface area (TPSA) is 80.5 Å². The predicted molar refractivity (Wildman–Crippen MR) is 84.3 cm³/mol. The van der Waals surface area contributed by atoms with Crippen LogP contribution in [0.25, 0.3) is 6.08 Å². The Morgan fingerprint density at radius 2 is 2.05 bits per heavy atom. The fraction of sp³-hybridized carbons (Fsp3) is 0.400. The maximum Gasteiger partial charge on any atom is 0.246 e. The van der Waals surface area contributed by atoms with Crippen LogP contribution < -0.4 is 5.73 Å². The summed E-state index contributed by atoms with van der Waals surface area (Å²) >= 11 is 0. The van der Waals surface area contributed by atoms with Gasteiger partial charge in [-0.3, -0.25) is 4.79 Å². The molecule has 1 aliphatic rings. The zero-order chi connectivity index (χ0) is 15.5. The molecule has 1 fully saturated rings. The van der Waals surface area contributed by atoms with E-state index in [1.807, 2.05) is 19.1 Å². The van der Waals surface area contributed by atoms with E-state index < -0.39 is 9.84 Å². The molecule has 1 heterocycles. The van der Waals surface area contributed by atoms with Crippen LogP contribution in [0.3, 0.4) is 0 Å². The highest BCUT2D eigenvalue weighted by atomic mass is 32.2. The summed E-state index contributed by atoms with van der Waals surface area (Å²) in [5.74, 6) is 0.0854. The third-order valence-electron chi connectivity index (χ3n) is 3.63. The van der Waals surface area contributed by atoms with E-state index in [0.717, 1.165) is 5.56 Å². The van der Waals surface area contributed by atoms with Crippen LogP contribution in [0.15, 0.2) is 30.3 Å². The maximum absolute atomic E-state index is 12.2. The van der Waals surface area contributed by atoms with Gasteiger partial charge in [-0.15, -0.1) is 0 Å². The summed E-state index contributed by atoms with van der Waals surface area (Å²) in [6.07, 6.45) is 3.73. The number of rotatable bonds is 4. The highest BCUT2D eigenvalue weighted by Crippen LogP contribution is 2.18. The van der Waals surface area contributed by atoms with Gasteiger partial charge in [-0.2, -0.15) is 0 Å². The summed E-state index contributed by atoms with van der Waals surface area (Å²) in [6, 6.07) is 6.99. The Kier molecular flexibility index (Phi) is 4.67. The molecule has 2 N–H and O–H groups in total. The molecule has 0 aromatic heterocycles. The van der Waals surface area contributed by atoms with Gasteiger partial charge in [0.1, 0.15) is 0 Å². The number of nitrogens with zero attached hydrogens (tertiary/aromatic N) is 1. The Morgan fingerprint density at radius 1 is 1.38 bits per heavy atom. The van der Waals surface area contributed by atoms with E-state index in [9.17, 15) is 13.2 Å². The number of benzene rings is 1. The minimum atomic E-state index is -2.99. The molecule has 0 saturated carbocycles. The second kappa shape index (κ2) is 6.30. The van der Waals surface area contributed by atoms with E-state index in [4.69, 9.17) is 5.73 Å². The third kappa shape index (κ3) is 4.07. The molecule has 1 atom stereocenters. The molecule has 1 amide bonds. The fourth-order valence-corrected chi connectivity index (χ4v) is 4.22. The molecule has 2 rings (SSSR count). The Bertz CT molecular complexity index is 635. The van der Waals surface area contributed by atoms with Crippen molar-refractivity contribution in [3.63, 3.8) is 0 Å². The van der Waals surface area contributed by atoms with Crippen LogP contribution in [0.1, 0.15) is 18.9 Å². The number of nitrogen functional groups attached to an aromatic ring is 1. The lowest BCUT2D eigenvalue weighted by atomic mass is 10.1. The molecule has 1 saturated heterocycles. The number of likely N-dealkylation sites (N-methyl/N-ethyl adjacent to an activating group) is 1. The molecule has 1 aromatic rings. The van der Waals surface area contributed by atoms with Gasteiger partial charge in [0.15, 0.2) is 9.84 Å². The third-order valence-corrected chi connectivity index (χ3v) is 5.38. The number of sulfone groups is 1. The molecule has 6 heteroatoms. The van der Waals surface area contributed by atoms with Crippen molar-refractivity contribution in [2.45, 2.75) is 19.4 Å². The quantitative estimate of drug-likeness (QED) is 0.672. The summed E-state index contributed by atoms with van der Waals surface area (Å²) in [5.41, 5.74) is 7.16. The van der Waals surface area contributed by atoms with E-state index in [1.54, 1.807) is 23.1 Å². The number of carbonyl (C=O) groups excluding carboxylic acids is 1. The normalized spacial score (nSPS) is 20.7. The van der Waals surface area contributed by atoms with Gasteiger partial charge >= 0.3 is 0 Å². The zero-order valence-electron chi connectivity index (χ0n) is 12.0. The van der Waals surface area contributed by atoms with Crippen LogP contribution in [0.4, 0.5) is 5.69 Å². The largest absolute Gasteiger partial charge is 0.399 e. The van der Waals surface area contributed by atoms with Gasteiger partial charge in [0.05, 0.1) is 11.5 Å². The Morgan fingerprint density at radius 3 is 2.57 bits per heavy atom. The van der Waals surface area contributed by atoms with Crippen LogP contribution in [0.2, 0.25) is 0 Å². The molecular formula is C15H20N2O3S. The summed E-state index contributed by atoms with van der Waals surface area (Å²) in [7, 11) is -2.99. The Labute approximate surface area is 125 Å². The van der Waals surface area contributed by atoms with Crippen molar-refractivity contribution in [3.8, 4) is 0 Å². The monoisotopic (exact) mass is 308 g/mol. The van der Waals surface area contributed by atoms with Crippen molar-refractivity contribution in [2.75, 3.05) is 23.8 Å². The van der Waals surface area contributed by atoms with Crippen molar-refractivity contribution in [3.05, 3.63) is 35.9 Å². The van der Waals surface area contributed by atoms with Gasteiger partial charge in [0.2, 0.25) is 5.91 Å². The molecule has 1 aromatic carbocycles. The second-order valence-corrected chi connectivity index (χ2v) is 7.41. The van der Waals surface area contributed by atoms with Crippen molar-refractivity contribution < 1.29 is 13.2 Å². The first kappa shape index (κ1) is 15.6.